The molecule has 0 N–H and O–H groups in total. The summed E-state index contributed by atoms with van der Waals surface area (Å²) in [6.07, 6.45) is 0. The first-order chi connectivity index (χ1) is 7.99. The van der Waals surface area contributed by atoms with Crippen LogP contribution in [0.4, 0.5) is 0 Å². The van der Waals surface area contributed by atoms with Gasteiger partial charge in [0.15, 0.2) is 0 Å². The Bertz CT molecular complexity index is 570. The molecule has 2 rings (SSSR count). The van der Waals surface area contributed by atoms with E-state index in [2.05, 4.69) is 16.1 Å². The number of alkyl halides is 1. The Morgan fingerprint density at radius 3 is 2.82 bits per heavy atom. The number of benzene rings is 1. The first-order valence-electron chi connectivity index (χ1n) is 5.43. The van der Waals surface area contributed by atoms with Crippen LogP contribution in [0, 0.1) is 0 Å². The van der Waals surface area contributed by atoms with E-state index in [4.69, 9.17) is 23.2 Å². The molecule has 1 heterocycles. The third-order valence-electron chi connectivity index (χ3n) is 2.52. The van der Waals surface area contributed by atoms with Gasteiger partial charge in [-0.2, -0.15) is 0 Å². The van der Waals surface area contributed by atoms with Gasteiger partial charge in [0.1, 0.15) is 5.82 Å². The van der Waals surface area contributed by atoms with Crippen molar-refractivity contribution in [2.24, 2.45) is 0 Å². The Morgan fingerprint density at radius 2 is 2.24 bits per heavy atom. The Hall–Kier alpha value is -0.990. The summed E-state index contributed by atoms with van der Waals surface area (Å²) in [6, 6.07) is 5.69. The second kappa shape index (κ2) is 4.71. The smallest absolute Gasteiger partial charge is 0.128 e. The number of nitrogens with zero attached hydrogens (tertiary/aromatic N) is 2. The summed E-state index contributed by atoms with van der Waals surface area (Å²) in [5.74, 6) is 0.854. The van der Waals surface area contributed by atoms with Gasteiger partial charge in [-0.25, -0.2) is 4.98 Å². The minimum atomic E-state index is -0.138. The molecule has 0 saturated carbocycles. The summed E-state index contributed by atoms with van der Waals surface area (Å²) in [5, 5.41) is 0.548. The third-order valence-corrected chi connectivity index (χ3v) is 2.95. The van der Waals surface area contributed by atoms with Gasteiger partial charge in [0.05, 0.1) is 16.4 Å². The van der Waals surface area contributed by atoms with Crippen LogP contribution in [0.1, 0.15) is 25.0 Å². The van der Waals surface area contributed by atoms with Crippen molar-refractivity contribution >= 4 is 34.2 Å². The van der Waals surface area contributed by atoms with Crippen molar-refractivity contribution in [3.8, 4) is 0 Å². The van der Waals surface area contributed by atoms with E-state index in [9.17, 15) is 0 Å². The number of fused-ring (bicyclic) bond motifs is 1. The Labute approximate surface area is 111 Å². The van der Waals surface area contributed by atoms with Crippen molar-refractivity contribution in [1.29, 1.82) is 0 Å². The highest BCUT2D eigenvalue weighted by Gasteiger charge is 2.14. The molecule has 0 aliphatic rings. The van der Waals surface area contributed by atoms with Crippen molar-refractivity contribution in [2.75, 3.05) is 0 Å². The maximum absolute atomic E-state index is 6.16. The number of aromatic nitrogens is 2. The topological polar surface area (TPSA) is 17.8 Å². The highest BCUT2D eigenvalue weighted by atomic mass is 35.5. The number of hydrogen-bond donors (Lipinski definition) is 0. The molecule has 2 nitrogen and oxygen atoms in total. The van der Waals surface area contributed by atoms with Gasteiger partial charge in [0.2, 0.25) is 0 Å². The predicted molar refractivity (Wildman–Crippen MR) is 73.8 cm³/mol. The SMILES string of the molecule is C=C(C)Cn1c(C(C)Cl)nc2cc(Cl)ccc21. The highest BCUT2D eigenvalue weighted by molar-refractivity contribution is 6.31. The number of allylic oxidation sites excluding steroid dienone is 1. The summed E-state index contributed by atoms with van der Waals surface area (Å²) >= 11 is 12.1. The summed E-state index contributed by atoms with van der Waals surface area (Å²) < 4.78 is 2.09. The first kappa shape index (κ1) is 12.5. The zero-order valence-electron chi connectivity index (χ0n) is 9.87. The van der Waals surface area contributed by atoms with Gasteiger partial charge in [0.25, 0.3) is 0 Å². The number of rotatable bonds is 3. The second-order valence-electron chi connectivity index (χ2n) is 4.26. The van der Waals surface area contributed by atoms with E-state index in [1.54, 1.807) is 0 Å². The van der Waals surface area contributed by atoms with Crippen LogP contribution in [0.15, 0.2) is 30.4 Å². The fraction of sp³-hybridized carbons (Fsp3) is 0.308. The molecule has 0 bridgehead atoms. The maximum Gasteiger partial charge on any atom is 0.128 e. The van der Waals surface area contributed by atoms with Gasteiger partial charge in [-0.15, -0.1) is 11.6 Å². The summed E-state index contributed by atoms with van der Waals surface area (Å²) in [7, 11) is 0. The Morgan fingerprint density at radius 1 is 1.53 bits per heavy atom. The van der Waals surface area contributed by atoms with E-state index >= 15 is 0 Å². The average molecular weight is 269 g/mol. The molecule has 0 aliphatic heterocycles. The molecule has 1 unspecified atom stereocenters. The molecule has 0 fully saturated rings. The zero-order chi connectivity index (χ0) is 12.6. The van der Waals surface area contributed by atoms with Crippen molar-refractivity contribution in [2.45, 2.75) is 25.8 Å². The van der Waals surface area contributed by atoms with Gasteiger partial charge in [-0.3, -0.25) is 0 Å². The van der Waals surface area contributed by atoms with Crippen LogP contribution in [-0.4, -0.2) is 9.55 Å². The van der Waals surface area contributed by atoms with E-state index in [1.807, 2.05) is 32.0 Å². The number of hydrogen-bond acceptors (Lipinski definition) is 1. The molecule has 17 heavy (non-hydrogen) atoms. The monoisotopic (exact) mass is 268 g/mol. The minimum absolute atomic E-state index is 0.138. The van der Waals surface area contributed by atoms with Crippen LogP contribution < -0.4 is 0 Å². The number of halogens is 2. The standard InChI is InChI=1S/C13H14Cl2N2/c1-8(2)7-17-12-5-4-10(15)6-11(12)16-13(17)9(3)14/h4-6,9H,1,7H2,2-3H3. The van der Waals surface area contributed by atoms with E-state index in [-0.39, 0.29) is 5.38 Å². The van der Waals surface area contributed by atoms with Crippen molar-refractivity contribution in [3.05, 3.63) is 41.2 Å². The van der Waals surface area contributed by atoms with Crippen molar-refractivity contribution in [3.63, 3.8) is 0 Å². The summed E-state index contributed by atoms with van der Waals surface area (Å²) in [4.78, 5) is 4.53. The third kappa shape index (κ3) is 2.48. The van der Waals surface area contributed by atoms with Crippen molar-refractivity contribution < 1.29 is 0 Å². The van der Waals surface area contributed by atoms with Crippen LogP contribution in [-0.2, 0) is 6.54 Å². The molecule has 1 aromatic carbocycles. The normalized spacial score (nSPS) is 12.9. The first-order valence-corrected chi connectivity index (χ1v) is 6.24. The van der Waals surface area contributed by atoms with Crippen molar-refractivity contribution in [1.82, 2.24) is 9.55 Å². The van der Waals surface area contributed by atoms with Crippen LogP contribution in [0.5, 0.6) is 0 Å². The summed E-state index contributed by atoms with van der Waals surface area (Å²) in [5.41, 5.74) is 2.99. The largest absolute Gasteiger partial charge is 0.323 e. The van der Waals surface area contributed by atoms with Gasteiger partial charge < -0.3 is 4.57 Å². The second-order valence-corrected chi connectivity index (χ2v) is 5.35. The Balaban J connectivity index is 2.66. The fourth-order valence-corrected chi connectivity index (χ4v) is 2.19. The molecule has 90 valence electrons. The van der Waals surface area contributed by atoms with E-state index in [0.29, 0.717) is 5.02 Å². The van der Waals surface area contributed by atoms with E-state index in [0.717, 1.165) is 29.0 Å². The Kier molecular flexibility index (Phi) is 3.45. The van der Waals surface area contributed by atoms with Crippen LogP contribution in [0.3, 0.4) is 0 Å². The molecule has 0 aliphatic carbocycles. The molecule has 0 radical (unpaired) electrons. The van der Waals surface area contributed by atoms with Gasteiger partial charge >= 0.3 is 0 Å². The maximum atomic E-state index is 6.16. The molecule has 0 amide bonds. The van der Waals surface area contributed by atoms with Gasteiger partial charge in [-0.05, 0) is 32.0 Å². The fourth-order valence-electron chi connectivity index (χ4n) is 1.86. The lowest BCUT2D eigenvalue weighted by Crippen LogP contribution is -2.05. The molecule has 1 atom stereocenters. The molecule has 1 aromatic heterocycles. The molecular weight excluding hydrogens is 255 g/mol. The van der Waals surface area contributed by atoms with Crippen LogP contribution in [0.2, 0.25) is 5.02 Å². The van der Waals surface area contributed by atoms with E-state index < -0.39 is 0 Å². The molecule has 2 aromatic rings. The molecular formula is C13H14Cl2N2. The highest BCUT2D eigenvalue weighted by Crippen LogP contribution is 2.27. The molecule has 0 saturated heterocycles. The summed E-state index contributed by atoms with van der Waals surface area (Å²) in [6.45, 7) is 8.57. The molecule has 4 heteroatoms. The number of imidazole rings is 1. The van der Waals surface area contributed by atoms with Crippen LogP contribution >= 0.6 is 23.2 Å². The lowest BCUT2D eigenvalue weighted by atomic mass is 10.3. The van der Waals surface area contributed by atoms with Crippen LogP contribution in [0.25, 0.3) is 11.0 Å². The quantitative estimate of drug-likeness (QED) is 0.589. The van der Waals surface area contributed by atoms with Gasteiger partial charge in [0, 0.05) is 11.6 Å². The minimum Gasteiger partial charge on any atom is -0.323 e. The molecule has 0 spiro atoms. The van der Waals surface area contributed by atoms with E-state index in [1.165, 1.54) is 0 Å². The predicted octanol–water partition coefficient (Wildman–Crippen LogP) is 4.57. The lowest BCUT2D eigenvalue weighted by Gasteiger charge is -2.10. The van der Waals surface area contributed by atoms with Gasteiger partial charge in [-0.1, -0.05) is 23.8 Å². The lowest BCUT2D eigenvalue weighted by molar-refractivity contribution is 0.734. The zero-order valence-corrected chi connectivity index (χ0v) is 11.4. The average Bonchev–Trinajstić information content (AvgIpc) is 2.55.